The van der Waals surface area contributed by atoms with E-state index in [1.807, 2.05) is 19.1 Å². The largest absolute Gasteiger partial charge is 0.465 e. The molecule has 22 heavy (non-hydrogen) atoms. The summed E-state index contributed by atoms with van der Waals surface area (Å²) >= 11 is 0. The van der Waals surface area contributed by atoms with Crippen LogP contribution in [0.2, 0.25) is 0 Å². The van der Waals surface area contributed by atoms with E-state index >= 15 is 0 Å². The van der Waals surface area contributed by atoms with E-state index < -0.39 is 0 Å². The van der Waals surface area contributed by atoms with Gasteiger partial charge in [0.05, 0.1) is 6.61 Å². The minimum atomic E-state index is -0.324. The van der Waals surface area contributed by atoms with Gasteiger partial charge in [-0.3, -0.25) is 10.1 Å². The van der Waals surface area contributed by atoms with Crippen molar-refractivity contribution in [3.05, 3.63) is 35.5 Å². The van der Waals surface area contributed by atoms with Crippen molar-refractivity contribution in [2.75, 3.05) is 13.2 Å². The lowest BCUT2D eigenvalue weighted by Crippen LogP contribution is -2.45. The smallest absolute Gasteiger partial charge is 0.323 e. The van der Waals surface area contributed by atoms with Gasteiger partial charge in [-0.15, -0.1) is 0 Å². The molecule has 0 aliphatic carbocycles. The summed E-state index contributed by atoms with van der Waals surface area (Å²) in [7, 11) is 0. The van der Waals surface area contributed by atoms with Gasteiger partial charge in [0.25, 0.3) is 0 Å². The van der Waals surface area contributed by atoms with Gasteiger partial charge in [0.1, 0.15) is 6.04 Å². The Kier molecular flexibility index (Phi) is 4.45. The first-order valence-electron chi connectivity index (χ1n) is 7.87. The maximum Gasteiger partial charge on any atom is 0.323 e. The van der Waals surface area contributed by atoms with Gasteiger partial charge < -0.3 is 14.8 Å². The number of hydrogen-bond donors (Lipinski definition) is 3. The number of aliphatic hydroxyl groups is 1. The molecule has 118 valence electrons. The first-order valence-corrected chi connectivity index (χ1v) is 7.87. The number of para-hydroxylation sites is 1. The molecular formula is C17H22N2O3. The predicted octanol–water partition coefficient (Wildman–Crippen LogP) is 2.06. The predicted molar refractivity (Wildman–Crippen MR) is 84.6 cm³/mol. The van der Waals surface area contributed by atoms with Crippen LogP contribution in [0.4, 0.5) is 0 Å². The maximum atomic E-state index is 12.1. The Morgan fingerprint density at radius 3 is 3.00 bits per heavy atom. The number of rotatable bonds is 5. The third kappa shape index (κ3) is 2.74. The van der Waals surface area contributed by atoms with Crippen molar-refractivity contribution in [3.8, 4) is 0 Å². The molecule has 3 rings (SSSR count). The fourth-order valence-electron chi connectivity index (χ4n) is 3.24. The van der Waals surface area contributed by atoms with Crippen LogP contribution >= 0.6 is 0 Å². The molecule has 1 aliphatic heterocycles. The fraction of sp³-hybridized carbons (Fsp3) is 0.471. The van der Waals surface area contributed by atoms with Crippen LogP contribution in [0.15, 0.2) is 24.3 Å². The van der Waals surface area contributed by atoms with E-state index in [2.05, 4.69) is 22.4 Å². The number of hydrogen-bond acceptors (Lipinski definition) is 4. The summed E-state index contributed by atoms with van der Waals surface area (Å²) in [5, 5.41) is 13.7. The lowest BCUT2D eigenvalue weighted by Gasteiger charge is -2.30. The molecule has 1 aliphatic rings. The Morgan fingerprint density at radius 2 is 2.23 bits per heavy atom. The highest BCUT2D eigenvalue weighted by atomic mass is 16.5. The van der Waals surface area contributed by atoms with Crippen LogP contribution in [0.25, 0.3) is 10.9 Å². The van der Waals surface area contributed by atoms with Crippen molar-refractivity contribution < 1.29 is 14.6 Å². The lowest BCUT2D eigenvalue weighted by atomic mass is 9.92. The van der Waals surface area contributed by atoms with Crippen LogP contribution in [0.3, 0.4) is 0 Å². The molecular weight excluding hydrogens is 280 g/mol. The number of fused-ring (bicyclic) bond motifs is 3. The molecule has 1 aromatic heterocycles. The first kappa shape index (κ1) is 15.1. The number of benzene rings is 1. The quantitative estimate of drug-likeness (QED) is 0.739. The molecule has 1 aromatic carbocycles. The average molecular weight is 302 g/mol. The lowest BCUT2D eigenvalue weighted by molar-refractivity contribution is -0.146. The third-order valence-electron chi connectivity index (χ3n) is 4.23. The van der Waals surface area contributed by atoms with E-state index in [-0.39, 0.29) is 24.7 Å². The molecule has 5 heteroatoms. The van der Waals surface area contributed by atoms with E-state index in [4.69, 9.17) is 9.84 Å². The molecule has 2 atom stereocenters. The van der Waals surface area contributed by atoms with Crippen molar-refractivity contribution in [2.24, 2.45) is 0 Å². The average Bonchev–Trinajstić information content (AvgIpc) is 2.91. The molecule has 2 heterocycles. The minimum absolute atomic E-state index is 0.0395. The molecule has 0 unspecified atom stereocenters. The molecule has 0 fully saturated rings. The number of aliphatic hydroxyl groups excluding tert-OH is 1. The van der Waals surface area contributed by atoms with Gasteiger partial charge in [0, 0.05) is 35.7 Å². The number of nitrogens with one attached hydrogen (secondary N) is 2. The summed E-state index contributed by atoms with van der Waals surface area (Å²) in [5.74, 6) is -0.201. The monoisotopic (exact) mass is 302 g/mol. The molecule has 2 aromatic rings. The van der Waals surface area contributed by atoms with E-state index in [1.54, 1.807) is 0 Å². The second kappa shape index (κ2) is 6.50. The van der Waals surface area contributed by atoms with Gasteiger partial charge in [0.15, 0.2) is 0 Å². The van der Waals surface area contributed by atoms with Gasteiger partial charge >= 0.3 is 5.97 Å². The van der Waals surface area contributed by atoms with Crippen molar-refractivity contribution in [1.29, 1.82) is 0 Å². The van der Waals surface area contributed by atoms with E-state index in [9.17, 15) is 4.79 Å². The SMILES string of the molecule is CCOC(=O)[C@H]1Cc2c([nH]c3ccccc23)[C@H](CCCO)N1. The van der Waals surface area contributed by atoms with Crippen molar-refractivity contribution in [1.82, 2.24) is 10.3 Å². The van der Waals surface area contributed by atoms with Gasteiger partial charge in [-0.05, 0) is 31.4 Å². The van der Waals surface area contributed by atoms with Gasteiger partial charge in [-0.2, -0.15) is 0 Å². The maximum absolute atomic E-state index is 12.1. The van der Waals surface area contributed by atoms with Crippen LogP contribution in [-0.4, -0.2) is 35.3 Å². The van der Waals surface area contributed by atoms with Crippen LogP contribution in [-0.2, 0) is 16.0 Å². The third-order valence-corrected chi connectivity index (χ3v) is 4.23. The second-order valence-electron chi connectivity index (χ2n) is 5.66. The summed E-state index contributed by atoms with van der Waals surface area (Å²) in [4.78, 5) is 15.6. The zero-order valence-corrected chi connectivity index (χ0v) is 12.8. The Hall–Kier alpha value is -1.85. The number of H-pyrrole nitrogens is 1. The number of ether oxygens (including phenoxy) is 1. The Balaban J connectivity index is 1.97. The highest BCUT2D eigenvalue weighted by Crippen LogP contribution is 2.33. The Morgan fingerprint density at radius 1 is 1.41 bits per heavy atom. The summed E-state index contributed by atoms with van der Waals surface area (Å²) in [6.45, 7) is 2.36. The van der Waals surface area contributed by atoms with Crippen LogP contribution in [0, 0.1) is 0 Å². The van der Waals surface area contributed by atoms with E-state index in [1.165, 1.54) is 10.9 Å². The van der Waals surface area contributed by atoms with Crippen LogP contribution in [0.1, 0.15) is 37.1 Å². The summed E-state index contributed by atoms with van der Waals surface area (Å²) in [5.41, 5.74) is 3.42. The molecule has 0 amide bonds. The standard InChI is InChI=1S/C17H22N2O3/c1-2-22-17(21)15-10-12-11-6-3-4-7-13(11)19-16(12)14(18-15)8-5-9-20/h3-4,6-7,14-15,18-20H,2,5,8-10H2,1H3/t14-,15+/m0/s1. The van der Waals surface area contributed by atoms with Gasteiger partial charge in [-0.1, -0.05) is 18.2 Å². The van der Waals surface area contributed by atoms with Gasteiger partial charge in [-0.25, -0.2) is 0 Å². The number of carbonyl (C=O) groups is 1. The van der Waals surface area contributed by atoms with Crippen molar-refractivity contribution in [3.63, 3.8) is 0 Å². The fourth-order valence-corrected chi connectivity index (χ4v) is 3.24. The number of aromatic nitrogens is 1. The van der Waals surface area contributed by atoms with Crippen LogP contribution < -0.4 is 5.32 Å². The molecule has 5 nitrogen and oxygen atoms in total. The molecule has 0 saturated carbocycles. The highest BCUT2D eigenvalue weighted by Gasteiger charge is 2.33. The van der Waals surface area contributed by atoms with Crippen molar-refractivity contribution >= 4 is 16.9 Å². The Labute approximate surface area is 129 Å². The summed E-state index contributed by atoms with van der Waals surface area (Å²) in [6, 6.07) is 7.87. The zero-order chi connectivity index (χ0) is 15.5. The Bertz CT molecular complexity index is 665. The molecule has 0 radical (unpaired) electrons. The second-order valence-corrected chi connectivity index (χ2v) is 5.66. The molecule has 0 spiro atoms. The van der Waals surface area contributed by atoms with E-state index in [0.29, 0.717) is 19.4 Å². The number of esters is 1. The summed E-state index contributed by atoms with van der Waals surface area (Å²) in [6.07, 6.45) is 2.11. The van der Waals surface area contributed by atoms with Crippen molar-refractivity contribution in [2.45, 2.75) is 38.3 Å². The van der Waals surface area contributed by atoms with E-state index in [0.717, 1.165) is 17.6 Å². The summed E-state index contributed by atoms with van der Waals surface area (Å²) < 4.78 is 5.18. The normalized spacial score (nSPS) is 20.8. The van der Waals surface area contributed by atoms with Gasteiger partial charge in [0.2, 0.25) is 0 Å². The van der Waals surface area contributed by atoms with Crippen LogP contribution in [0.5, 0.6) is 0 Å². The topological polar surface area (TPSA) is 74.4 Å². The minimum Gasteiger partial charge on any atom is -0.465 e. The number of aromatic amines is 1. The molecule has 3 N–H and O–H groups in total. The first-order chi connectivity index (χ1) is 10.7. The molecule has 0 saturated heterocycles. The highest BCUT2D eigenvalue weighted by molar-refractivity contribution is 5.87. The zero-order valence-electron chi connectivity index (χ0n) is 12.8. The molecule has 0 bridgehead atoms. The number of carbonyl (C=O) groups excluding carboxylic acids is 1.